The van der Waals surface area contributed by atoms with Crippen molar-refractivity contribution >= 4 is 16.3 Å². The van der Waals surface area contributed by atoms with Crippen molar-refractivity contribution in [1.82, 2.24) is 14.7 Å². The largest absolute Gasteiger partial charge is 0.348 e. The van der Waals surface area contributed by atoms with E-state index in [9.17, 15) is 13.2 Å². The van der Waals surface area contributed by atoms with Gasteiger partial charge in [-0.25, -0.2) is 18.1 Å². The van der Waals surface area contributed by atoms with Crippen LogP contribution < -0.4 is 4.72 Å². The Hall–Kier alpha value is -1.21. The van der Waals surface area contributed by atoms with Gasteiger partial charge < -0.3 is 9.78 Å². The second-order valence-corrected chi connectivity index (χ2v) is 4.69. The monoisotopic (exact) mass is 217 g/mol. The molecule has 0 aliphatic carbocycles. The number of aldehydes is 1. The molecule has 6 nitrogen and oxygen atoms in total. The van der Waals surface area contributed by atoms with Gasteiger partial charge in [0.15, 0.2) is 0 Å². The Labute approximate surface area is 81.8 Å². The fourth-order valence-electron chi connectivity index (χ4n) is 1.03. The first-order chi connectivity index (χ1) is 6.51. The van der Waals surface area contributed by atoms with E-state index >= 15 is 0 Å². The molecule has 0 bridgehead atoms. The Morgan fingerprint density at radius 3 is 2.86 bits per heavy atom. The number of rotatable bonds is 5. The minimum Gasteiger partial charge on any atom is -0.348 e. The summed E-state index contributed by atoms with van der Waals surface area (Å²) in [6, 6.07) is -0.745. The van der Waals surface area contributed by atoms with Crippen LogP contribution in [-0.2, 0) is 21.2 Å². The van der Waals surface area contributed by atoms with Crippen molar-refractivity contribution in [3.05, 3.63) is 18.2 Å². The molecule has 1 atom stereocenters. The molecule has 0 spiro atoms. The van der Waals surface area contributed by atoms with Crippen molar-refractivity contribution in [1.29, 1.82) is 0 Å². The smallest absolute Gasteiger partial charge is 0.209 e. The van der Waals surface area contributed by atoms with Gasteiger partial charge in [-0.2, -0.15) is 0 Å². The van der Waals surface area contributed by atoms with Crippen molar-refractivity contribution in [2.45, 2.75) is 12.5 Å². The highest BCUT2D eigenvalue weighted by atomic mass is 32.2. The summed E-state index contributed by atoms with van der Waals surface area (Å²) in [6.07, 6.45) is 4.85. The topological polar surface area (TPSA) is 91.9 Å². The Morgan fingerprint density at radius 2 is 2.43 bits per heavy atom. The number of imidazole rings is 1. The molecule has 0 unspecified atom stereocenters. The standard InChI is InChI=1S/C7H11N3O3S/c1-14(12,13)10-7(4-11)2-6-3-8-5-9-6/h3-5,7,10H,2H2,1H3,(H,8,9)/t7-/m0/s1. The molecule has 14 heavy (non-hydrogen) atoms. The van der Waals surface area contributed by atoms with Crippen LogP contribution in [0.3, 0.4) is 0 Å². The number of aromatic amines is 1. The molecule has 1 aromatic heterocycles. The van der Waals surface area contributed by atoms with Gasteiger partial charge in [0.2, 0.25) is 10.0 Å². The zero-order chi connectivity index (χ0) is 10.6. The predicted octanol–water partition coefficient (Wildman–Crippen LogP) is -0.931. The zero-order valence-corrected chi connectivity index (χ0v) is 8.41. The van der Waals surface area contributed by atoms with Crippen molar-refractivity contribution in [2.75, 3.05) is 6.26 Å². The molecule has 78 valence electrons. The third-order valence-electron chi connectivity index (χ3n) is 1.52. The summed E-state index contributed by atoms with van der Waals surface area (Å²) in [5, 5.41) is 0. The molecule has 0 aliphatic heterocycles. The summed E-state index contributed by atoms with van der Waals surface area (Å²) in [7, 11) is -3.35. The van der Waals surface area contributed by atoms with E-state index in [1.54, 1.807) is 6.20 Å². The van der Waals surface area contributed by atoms with E-state index in [0.717, 1.165) is 6.26 Å². The molecule has 1 rings (SSSR count). The molecular weight excluding hydrogens is 206 g/mol. The van der Waals surface area contributed by atoms with E-state index in [-0.39, 0.29) is 6.42 Å². The maximum absolute atomic E-state index is 10.8. The predicted molar refractivity (Wildman–Crippen MR) is 50.1 cm³/mol. The first kappa shape index (κ1) is 10.9. The lowest BCUT2D eigenvalue weighted by molar-refractivity contribution is -0.109. The van der Waals surface area contributed by atoms with Crippen LogP contribution in [0, 0.1) is 0 Å². The van der Waals surface area contributed by atoms with Gasteiger partial charge in [0.25, 0.3) is 0 Å². The molecule has 0 radical (unpaired) electrons. The van der Waals surface area contributed by atoms with Crippen molar-refractivity contribution in [3.63, 3.8) is 0 Å². The van der Waals surface area contributed by atoms with Crippen molar-refractivity contribution in [3.8, 4) is 0 Å². The number of nitrogens with one attached hydrogen (secondary N) is 2. The number of carbonyl (C=O) groups is 1. The third kappa shape index (κ3) is 3.67. The van der Waals surface area contributed by atoms with Gasteiger partial charge in [-0.15, -0.1) is 0 Å². The van der Waals surface area contributed by atoms with E-state index in [1.165, 1.54) is 6.33 Å². The number of hydrogen-bond acceptors (Lipinski definition) is 4. The van der Waals surface area contributed by atoms with Gasteiger partial charge >= 0.3 is 0 Å². The van der Waals surface area contributed by atoms with E-state index in [1.807, 2.05) is 0 Å². The van der Waals surface area contributed by atoms with Gasteiger partial charge in [0, 0.05) is 18.3 Å². The summed E-state index contributed by atoms with van der Waals surface area (Å²) in [5.74, 6) is 0. The summed E-state index contributed by atoms with van der Waals surface area (Å²) >= 11 is 0. The molecular formula is C7H11N3O3S. The SMILES string of the molecule is CS(=O)(=O)N[C@H](C=O)Cc1cnc[nH]1. The van der Waals surface area contributed by atoms with E-state index in [4.69, 9.17) is 0 Å². The maximum Gasteiger partial charge on any atom is 0.209 e. The lowest BCUT2D eigenvalue weighted by Crippen LogP contribution is -2.36. The molecule has 1 aromatic rings. The summed E-state index contributed by atoms with van der Waals surface area (Å²) in [5.41, 5.74) is 0.707. The summed E-state index contributed by atoms with van der Waals surface area (Å²) < 4.78 is 23.9. The third-order valence-corrected chi connectivity index (χ3v) is 2.26. The lowest BCUT2D eigenvalue weighted by atomic mass is 10.2. The van der Waals surface area contributed by atoms with Crippen LogP contribution in [0.4, 0.5) is 0 Å². The number of H-pyrrole nitrogens is 1. The Balaban J connectivity index is 2.61. The normalized spacial score (nSPS) is 13.8. The highest BCUT2D eigenvalue weighted by Gasteiger charge is 2.13. The van der Waals surface area contributed by atoms with Crippen molar-refractivity contribution < 1.29 is 13.2 Å². The van der Waals surface area contributed by atoms with Crippen molar-refractivity contribution in [2.24, 2.45) is 0 Å². The van der Waals surface area contributed by atoms with Crippen LogP contribution in [0.2, 0.25) is 0 Å². The molecule has 2 N–H and O–H groups in total. The number of sulfonamides is 1. The van der Waals surface area contributed by atoms with Gasteiger partial charge in [-0.3, -0.25) is 0 Å². The van der Waals surface area contributed by atoms with Gasteiger partial charge in [-0.1, -0.05) is 0 Å². The molecule has 0 saturated carbocycles. The Bertz CT molecular complexity index is 384. The van der Waals surface area contributed by atoms with E-state index in [0.29, 0.717) is 12.0 Å². The molecule has 0 saturated heterocycles. The van der Waals surface area contributed by atoms with Gasteiger partial charge in [-0.05, 0) is 0 Å². The zero-order valence-electron chi connectivity index (χ0n) is 7.60. The fraction of sp³-hybridized carbons (Fsp3) is 0.429. The van der Waals surface area contributed by atoms with E-state index in [2.05, 4.69) is 14.7 Å². The number of aromatic nitrogens is 2. The van der Waals surface area contributed by atoms with Crippen LogP contribution >= 0.6 is 0 Å². The molecule has 0 aliphatic rings. The lowest BCUT2D eigenvalue weighted by Gasteiger charge is -2.08. The minimum atomic E-state index is -3.35. The summed E-state index contributed by atoms with van der Waals surface area (Å²) in [4.78, 5) is 17.1. The minimum absolute atomic E-state index is 0.274. The molecule has 0 aromatic carbocycles. The van der Waals surface area contributed by atoms with Crippen LogP contribution in [0.5, 0.6) is 0 Å². The molecule has 7 heteroatoms. The first-order valence-corrected chi connectivity index (χ1v) is 5.80. The van der Waals surface area contributed by atoms with Crippen LogP contribution in [0.25, 0.3) is 0 Å². The van der Waals surface area contributed by atoms with E-state index < -0.39 is 16.1 Å². The quantitative estimate of drug-likeness (QED) is 0.623. The van der Waals surface area contributed by atoms with Gasteiger partial charge in [0.05, 0.1) is 18.6 Å². The average Bonchev–Trinajstić information content (AvgIpc) is 2.53. The van der Waals surface area contributed by atoms with Crippen LogP contribution in [0.1, 0.15) is 5.69 Å². The maximum atomic E-state index is 10.8. The highest BCUT2D eigenvalue weighted by molar-refractivity contribution is 7.88. The molecule has 0 amide bonds. The summed E-state index contributed by atoms with van der Waals surface area (Å²) in [6.45, 7) is 0. The highest BCUT2D eigenvalue weighted by Crippen LogP contribution is 1.97. The first-order valence-electron chi connectivity index (χ1n) is 3.91. The molecule has 0 fully saturated rings. The van der Waals surface area contributed by atoms with Crippen LogP contribution in [0.15, 0.2) is 12.5 Å². The second kappa shape index (κ2) is 4.34. The number of hydrogen-bond donors (Lipinski definition) is 2. The fourth-order valence-corrected chi connectivity index (χ4v) is 1.71. The Morgan fingerprint density at radius 1 is 1.71 bits per heavy atom. The van der Waals surface area contributed by atoms with Crippen LogP contribution in [-0.4, -0.2) is 37.0 Å². The Kier molecular flexibility index (Phi) is 3.37. The van der Waals surface area contributed by atoms with Gasteiger partial charge in [0.1, 0.15) is 6.29 Å². The number of carbonyl (C=O) groups excluding carboxylic acids is 1. The second-order valence-electron chi connectivity index (χ2n) is 2.91. The number of nitrogens with zero attached hydrogens (tertiary/aromatic N) is 1. The molecule has 1 heterocycles. The average molecular weight is 217 g/mol.